The zero-order chi connectivity index (χ0) is 22.5. The van der Waals surface area contributed by atoms with E-state index in [0.717, 1.165) is 12.1 Å². The highest BCUT2D eigenvalue weighted by atomic mass is 35.5. The second kappa shape index (κ2) is 10.0. The predicted molar refractivity (Wildman–Crippen MR) is 112 cm³/mol. The van der Waals surface area contributed by atoms with E-state index >= 15 is 0 Å². The second-order valence-electron chi connectivity index (χ2n) is 6.31. The number of esters is 1. The van der Waals surface area contributed by atoms with Crippen LogP contribution >= 0.6 is 11.6 Å². The molecular formula is C20H22ClFN2O5S. The number of nitrogens with one attached hydrogen (secondary N) is 1. The fourth-order valence-corrected chi connectivity index (χ4v) is 4.34. The summed E-state index contributed by atoms with van der Waals surface area (Å²) < 4.78 is 44.8. The Kier molecular flexibility index (Phi) is 7.94. The van der Waals surface area contributed by atoms with E-state index in [-0.39, 0.29) is 34.3 Å². The van der Waals surface area contributed by atoms with Crippen LogP contribution in [0.2, 0.25) is 5.02 Å². The van der Waals surface area contributed by atoms with Gasteiger partial charge in [-0.25, -0.2) is 17.6 Å². The van der Waals surface area contributed by atoms with Crippen molar-refractivity contribution in [3.8, 4) is 0 Å². The van der Waals surface area contributed by atoms with Crippen molar-refractivity contribution in [3.63, 3.8) is 0 Å². The maximum absolute atomic E-state index is 13.3. The summed E-state index contributed by atoms with van der Waals surface area (Å²) in [5.74, 6) is -2.16. The van der Waals surface area contributed by atoms with Crippen molar-refractivity contribution in [1.29, 1.82) is 0 Å². The van der Waals surface area contributed by atoms with Crippen LogP contribution in [0.1, 0.15) is 29.8 Å². The molecule has 10 heteroatoms. The third-order valence-electron chi connectivity index (χ3n) is 4.31. The lowest BCUT2D eigenvalue weighted by atomic mass is 10.2. The molecule has 2 aromatic carbocycles. The number of carbonyl (C=O) groups excluding carboxylic acids is 2. The van der Waals surface area contributed by atoms with Gasteiger partial charge >= 0.3 is 5.97 Å². The molecule has 0 bridgehead atoms. The normalized spacial score (nSPS) is 11.4. The molecule has 0 radical (unpaired) electrons. The summed E-state index contributed by atoms with van der Waals surface area (Å²) in [7, 11) is -3.80. The monoisotopic (exact) mass is 456 g/mol. The van der Waals surface area contributed by atoms with Gasteiger partial charge in [-0.2, -0.15) is 4.31 Å². The van der Waals surface area contributed by atoms with E-state index in [0.29, 0.717) is 5.56 Å². The van der Waals surface area contributed by atoms with Crippen LogP contribution in [0.4, 0.5) is 10.1 Å². The molecule has 162 valence electrons. The number of benzene rings is 2. The van der Waals surface area contributed by atoms with Gasteiger partial charge in [-0.15, -0.1) is 0 Å². The minimum Gasteiger partial charge on any atom is -0.452 e. The van der Waals surface area contributed by atoms with Gasteiger partial charge in [0.05, 0.1) is 15.5 Å². The van der Waals surface area contributed by atoms with Crippen LogP contribution in [-0.2, 0) is 19.6 Å². The number of aryl methyl sites for hydroxylation is 1. The molecule has 0 aliphatic carbocycles. The number of rotatable bonds is 8. The molecule has 30 heavy (non-hydrogen) atoms. The standard InChI is InChI=1S/C20H22ClFN2O5S/c1-4-24(5-2)30(27,28)15-8-9-17(21)16(11-15)20(26)29-12-19(25)23-18-10-14(22)7-6-13(18)3/h6-11H,4-5,12H2,1-3H3,(H,23,25). The molecule has 7 nitrogen and oxygen atoms in total. The molecular weight excluding hydrogens is 435 g/mol. The number of carbonyl (C=O) groups is 2. The summed E-state index contributed by atoms with van der Waals surface area (Å²) in [6.07, 6.45) is 0. The number of sulfonamides is 1. The maximum Gasteiger partial charge on any atom is 0.340 e. The van der Waals surface area contributed by atoms with Crippen LogP contribution in [0.25, 0.3) is 0 Å². The molecule has 0 aliphatic rings. The molecule has 0 aromatic heterocycles. The Labute approximate surface area is 179 Å². The van der Waals surface area contributed by atoms with E-state index in [4.69, 9.17) is 16.3 Å². The molecule has 2 aromatic rings. The SMILES string of the molecule is CCN(CC)S(=O)(=O)c1ccc(Cl)c(C(=O)OCC(=O)Nc2cc(F)ccc2C)c1. The highest BCUT2D eigenvalue weighted by Crippen LogP contribution is 2.24. The number of halogens is 2. The van der Waals surface area contributed by atoms with Crippen LogP contribution < -0.4 is 5.32 Å². The van der Waals surface area contributed by atoms with Crippen molar-refractivity contribution in [2.45, 2.75) is 25.7 Å². The zero-order valence-electron chi connectivity index (χ0n) is 16.7. The van der Waals surface area contributed by atoms with Gasteiger partial charge in [0.1, 0.15) is 5.82 Å². The van der Waals surface area contributed by atoms with E-state index in [1.807, 2.05) is 0 Å². The molecule has 0 atom stereocenters. The van der Waals surface area contributed by atoms with Crippen molar-refractivity contribution in [2.75, 3.05) is 25.0 Å². The first-order chi connectivity index (χ1) is 14.1. The molecule has 2 rings (SSSR count). The number of ether oxygens (including phenoxy) is 1. The smallest absolute Gasteiger partial charge is 0.340 e. The molecule has 0 saturated heterocycles. The van der Waals surface area contributed by atoms with Crippen molar-refractivity contribution in [2.24, 2.45) is 0 Å². The number of amides is 1. The van der Waals surface area contributed by atoms with Crippen LogP contribution in [0.15, 0.2) is 41.3 Å². The minimum atomic E-state index is -3.80. The van der Waals surface area contributed by atoms with E-state index in [1.54, 1.807) is 20.8 Å². The number of hydrogen-bond donors (Lipinski definition) is 1. The lowest BCUT2D eigenvalue weighted by Gasteiger charge is -2.19. The van der Waals surface area contributed by atoms with Gasteiger partial charge in [0.25, 0.3) is 5.91 Å². The van der Waals surface area contributed by atoms with E-state index < -0.39 is 34.3 Å². The Balaban J connectivity index is 2.13. The lowest BCUT2D eigenvalue weighted by molar-refractivity contribution is -0.119. The number of nitrogens with zero attached hydrogens (tertiary/aromatic N) is 1. The van der Waals surface area contributed by atoms with E-state index in [9.17, 15) is 22.4 Å². The minimum absolute atomic E-state index is 0.0140. The van der Waals surface area contributed by atoms with Gasteiger partial charge in [0.15, 0.2) is 6.61 Å². The Morgan fingerprint density at radius 1 is 1.13 bits per heavy atom. The largest absolute Gasteiger partial charge is 0.452 e. The quantitative estimate of drug-likeness (QED) is 0.612. The molecule has 1 N–H and O–H groups in total. The van der Waals surface area contributed by atoms with Crippen molar-refractivity contribution < 1.29 is 27.1 Å². The van der Waals surface area contributed by atoms with E-state index in [2.05, 4.69) is 5.32 Å². The maximum atomic E-state index is 13.3. The third-order valence-corrected chi connectivity index (χ3v) is 6.68. The summed E-state index contributed by atoms with van der Waals surface area (Å²) in [5.41, 5.74) is 0.703. The molecule has 0 spiro atoms. The topological polar surface area (TPSA) is 92.8 Å². The predicted octanol–water partition coefficient (Wildman–Crippen LogP) is 3.61. The van der Waals surface area contributed by atoms with Crippen LogP contribution in [0, 0.1) is 12.7 Å². The Morgan fingerprint density at radius 2 is 1.80 bits per heavy atom. The third kappa shape index (κ3) is 5.56. The van der Waals surface area contributed by atoms with Gasteiger partial charge in [0, 0.05) is 18.8 Å². The summed E-state index contributed by atoms with van der Waals surface area (Å²) in [6, 6.07) is 7.60. The molecule has 0 unspecified atom stereocenters. The summed E-state index contributed by atoms with van der Waals surface area (Å²) in [6.45, 7) is 4.96. The fraction of sp³-hybridized carbons (Fsp3) is 0.300. The molecule has 0 saturated carbocycles. The highest BCUT2D eigenvalue weighted by molar-refractivity contribution is 7.89. The molecule has 0 heterocycles. The molecule has 1 amide bonds. The van der Waals surface area contributed by atoms with Gasteiger partial charge < -0.3 is 10.1 Å². The van der Waals surface area contributed by atoms with Gasteiger partial charge in [-0.05, 0) is 42.8 Å². The van der Waals surface area contributed by atoms with Crippen molar-refractivity contribution in [1.82, 2.24) is 4.31 Å². The Hall–Kier alpha value is -2.49. The van der Waals surface area contributed by atoms with Gasteiger partial charge in [-0.1, -0.05) is 31.5 Å². The highest BCUT2D eigenvalue weighted by Gasteiger charge is 2.24. The zero-order valence-corrected chi connectivity index (χ0v) is 18.3. The first-order valence-corrected chi connectivity index (χ1v) is 10.9. The average molecular weight is 457 g/mol. The van der Waals surface area contributed by atoms with Gasteiger partial charge in [-0.3, -0.25) is 4.79 Å². The summed E-state index contributed by atoms with van der Waals surface area (Å²) in [5, 5.41) is 2.43. The van der Waals surface area contributed by atoms with Gasteiger partial charge in [0.2, 0.25) is 10.0 Å². The van der Waals surface area contributed by atoms with E-state index in [1.165, 1.54) is 28.6 Å². The van der Waals surface area contributed by atoms with Crippen LogP contribution in [0.5, 0.6) is 0 Å². The van der Waals surface area contributed by atoms with Crippen molar-refractivity contribution in [3.05, 3.63) is 58.4 Å². The first-order valence-electron chi connectivity index (χ1n) is 9.13. The Bertz CT molecular complexity index is 1060. The van der Waals surface area contributed by atoms with Crippen LogP contribution in [-0.4, -0.2) is 44.3 Å². The van der Waals surface area contributed by atoms with Crippen molar-refractivity contribution >= 4 is 39.2 Å². The average Bonchev–Trinajstić information content (AvgIpc) is 2.69. The summed E-state index contributed by atoms with van der Waals surface area (Å²) >= 11 is 6.02. The summed E-state index contributed by atoms with van der Waals surface area (Å²) in [4.78, 5) is 24.3. The second-order valence-corrected chi connectivity index (χ2v) is 8.66. The number of anilines is 1. The first kappa shape index (κ1) is 23.8. The Morgan fingerprint density at radius 3 is 2.43 bits per heavy atom. The molecule has 0 aliphatic heterocycles. The number of hydrogen-bond acceptors (Lipinski definition) is 5. The van der Waals surface area contributed by atoms with Crippen LogP contribution in [0.3, 0.4) is 0 Å². The lowest BCUT2D eigenvalue weighted by Crippen LogP contribution is -2.30. The fourth-order valence-electron chi connectivity index (χ4n) is 2.66. The molecule has 0 fully saturated rings.